The van der Waals surface area contributed by atoms with E-state index >= 15 is 0 Å². The van der Waals surface area contributed by atoms with Gasteiger partial charge in [-0.1, -0.05) is 36.4 Å². The minimum atomic E-state index is -1.39. The molecule has 5 rings (SSSR count). The van der Waals surface area contributed by atoms with Crippen molar-refractivity contribution in [3.63, 3.8) is 0 Å². The standard InChI is InChI=1S/C19H17F2N3O2S.C13H17NO4/c1-19(2,26)10-7-12(20)16(13(21)8-10)14-9-11(17(22)25)18(27-14)24-15-5-3-4-6-23-15;15-11-6-7-14(8-12(11)16)13(17)18-9-10-4-2-1-3-5-10/h3-9,26H,1-2H3,(H2,22,25)(H,23,24);1-5,11-12,15-16H,6-9H2. The van der Waals surface area contributed by atoms with Crippen LogP contribution in [0.5, 0.6) is 0 Å². The molecule has 0 bridgehead atoms. The van der Waals surface area contributed by atoms with Crippen molar-refractivity contribution < 1.29 is 38.4 Å². The Morgan fingerprint density at radius 3 is 2.31 bits per heavy atom. The molecular weight excluding hydrogens is 606 g/mol. The monoisotopic (exact) mass is 640 g/mol. The highest BCUT2D eigenvalue weighted by molar-refractivity contribution is 7.20. The summed E-state index contributed by atoms with van der Waals surface area (Å²) in [6, 6.07) is 18.1. The number of aliphatic hydroxyl groups excluding tert-OH is 2. The molecule has 0 aliphatic carbocycles. The Balaban J connectivity index is 0.000000222. The number of carbonyl (C=O) groups is 2. The van der Waals surface area contributed by atoms with E-state index in [9.17, 15) is 33.7 Å². The minimum Gasteiger partial charge on any atom is -0.445 e. The average Bonchev–Trinajstić information content (AvgIpc) is 3.41. The molecule has 2 aromatic heterocycles. The number of anilines is 2. The highest BCUT2D eigenvalue weighted by Crippen LogP contribution is 2.40. The number of benzene rings is 2. The van der Waals surface area contributed by atoms with E-state index in [0.717, 1.165) is 29.0 Å². The average molecular weight is 641 g/mol. The molecule has 45 heavy (non-hydrogen) atoms. The summed E-state index contributed by atoms with van der Waals surface area (Å²) in [6.07, 6.45) is -0.145. The SMILES string of the molecule is CC(C)(O)c1cc(F)c(-c2cc(C(N)=O)c(Nc3ccccn3)s2)c(F)c1.O=C(OCc1ccccc1)N1CCC(O)C(O)C1. The van der Waals surface area contributed by atoms with Crippen LogP contribution in [0.2, 0.25) is 0 Å². The molecule has 0 radical (unpaired) electrons. The summed E-state index contributed by atoms with van der Waals surface area (Å²) in [5, 5.41) is 32.1. The Labute approximate surface area is 262 Å². The number of pyridine rings is 1. The molecule has 1 saturated heterocycles. The predicted molar refractivity (Wildman–Crippen MR) is 166 cm³/mol. The number of nitrogens with two attached hydrogens (primary N) is 1. The second-order valence-electron chi connectivity index (χ2n) is 10.8. The molecule has 6 N–H and O–H groups in total. The van der Waals surface area contributed by atoms with Gasteiger partial charge in [0.2, 0.25) is 0 Å². The molecule has 1 aliphatic rings. The van der Waals surface area contributed by atoms with E-state index in [0.29, 0.717) is 23.8 Å². The quantitative estimate of drug-likeness (QED) is 0.191. The van der Waals surface area contributed by atoms with E-state index in [1.54, 1.807) is 24.4 Å². The van der Waals surface area contributed by atoms with Crippen LogP contribution < -0.4 is 11.1 Å². The summed E-state index contributed by atoms with van der Waals surface area (Å²) in [4.78, 5) is 29.2. The van der Waals surface area contributed by atoms with E-state index in [1.807, 2.05) is 30.3 Å². The molecule has 2 aromatic carbocycles. The first-order chi connectivity index (χ1) is 21.3. The van der Waals surface area contributed by atoms with Crippen LogP contribution in [-0.2, 0) is 16.9 Å². The summed E-state index contributed by atoms with van der Waals surface area (Å²) in [5.74, 6) is -1.95. The number of halogens is 2. The predicted octanol–water partition coefficient (Wildman–Crippen LogP) is 4.91. The lowest BCUT2D eigenvalue weighted by Gasteiger charge is -2.32. The number of amides is 2. The number of aliphatic hydroxyl groups is 3. The lowest BCUT2D eigenvalue weighted by atomic mass is 9.96. The zero-order valence-corrected chi connectivity index (χ0v) is 25.4. The van der Waals surface area contributed by atoms with Crippen LogP contribution in [0.15, 0.2) is 72.9 Å². The van der Waals surface area contributed by atoms with Gasteiger partial charge in [-0.05, 0) is 61.7 Å². The maximum atomic E-state index is 14.6. The van der Waals surface area contributed by atoms with E-state index in [2.05, 4.69) is 10.3 Å². The summed E-state index contributed by atoms with van der Waals surface area (Å²) in [6.45, 7) is 3.62. The molecule has 238 valence electrons. The molecule has 2 amide bonds. The van der Waals surface area contributed by atoms with E-state index in [1.165, 1.54) is 24.8 Å². The number of rotatable bonds is 7. The van der Waals surface area contributed by atoms with Crippen LogP contribution in [-0.4, -0.2) is 62.5 Å². The maximum Gasteiger partial charge on any atom is 0.410 e. The van der Waals surface area contributed by atoms with Gasteiger partial charge in [-0.25, -0.2) is 18.6 Å². The van der Waals surface area contributed by atoms with Crippen LogP contribution in [0.4, 0.5) is 24.4 Å². The molecular formula is C32H34F2N4O6S. The van der Waals surface area contributed by atoms with Crippen molar-refractivity contribution in [2.45, 2.75) is 44.7 Å². The molecule has 13 heteroatoms. The number of hydrogen-bond donors (Lipinski definition) is 5. The number of carbonyl (C=O) groups excluding carboxylic acids is 2. The molecule has 4 aromatic rings. The van der Waals surface area contributed by atoms with Gasteiger partial charge in [-0.2, -0.15) is 0 Å². The molecule has 2 unspecified atom stereocenters. The third-order valence-corrected chi connectivity index (χ3v) is 7.98. The van der Waals surface area contributed by atoms with Crippen molar-refractivity contribution >= 4 is 34.2 Å². The summed E-state index contributed by atoms with van der Waals surface area (Å²) < 4.78 is 34.4. The zero-order chi connectivity index (χ0) is 32.7. The smallest absolute Gasteiger partial charge is 0.410 e. The number of primary amides is 1. The van der Waals surface area contributed by atoms with Crippen LogP contribution in [0.3, 0.4) is 0 Å². The van der Waals surface area contributed by atoms with Gasteiger partial charge in [0.1, 0.15) is 29.1 Å². The first-order valence-corrected chi connectivity index (χ1v) is 14.8. The van der Waals surface area contributed by atoms with Gasteiger partial charge < -0.3 is 36.0 Å². The van der Waals surface area contributed by atoms with Gasteiger partial charge in [0, 0.05) is 17.6 Å². The summed E-state index contributed by atoms with van der Waals surface area (Å²) in [5.41, 5.74) is 4.86. The second-order valence-corrected chi connectivity index (χ2v) is 11.9. The Bertz CT molecular complexity index is 1590. The van der Waals surface area contributed by atoms with E-state index in [4.69, 9.17) is 10.5 Å². The number of piperidine rings is 1. The Kier molecular flexibility index (Phi) is 10.8. The minimum absolute atomic E-state index is 0.103. The van der Waals surface area contributed by atoms with Crippen molar-refractivity contribution in [2.75, 3.05) is 18.4 Å². The van der Waals surface area contributed by atoms with Gasteiger partial charge >= 0.3 is 6.09 Å². The highest BCUT2D eigenvalue weighted by atomic mass is 32.1. The third kappa shape index (κ3) is 8.82. The number of β-amino-alcohol motifs (C(OH)–C–C–N with tert-alkyl or cyclic N) is 1. The van der Waals surface area contributed by atoms with Crippen molar-refractivity contribution in [3.8, 4) is 10.4 Å². The number of ether oxygens (including phenoxy) is 1. The van der Waals surface area contributed by atoms with E-state index in [-0.39, 0.29) is 34.7 Å². The first kappa shape index (κ1) is 33.5. The van der Waals surface area contributed by atoms with Crippen LogP contribution in [0.25, 0.3) is 10.4 Å². The molecule has 3 heterocycles. The molecule has 1 fully saturated rings. The van der Waals surface area contributed by atoms with Gasteiger partial charge in [-0.3, -0.25) is 4.79 Å². The normalized spacial score (nSPS) is 16.4. The number of nitrogens with one attached hydrogen (secondary N) is 1. The van der Waals surface area contributed by atoms with Gasteiger partial charge in [0.25, 0.3) is 5.91 Å². The van der Waals surface area contributed by atoms with Crippen molar-refractivity contribution in [1.82, 2.24) is 9.88 Å². The molecule has 10 nitrogen and oxygen atoms in total. The van der Waals surface area contributed by atoms with Gasteiger partial charge in [0.05, 0.1) is 35.5 Å². The van der Waals surface area contributed by atoms with Crippen LogP contribution in [0.1, 0.15) is 41.8 Å². The number of aromatic nitrogens is 1. The van der Waals surface area contributed by atoms with Crippen LogP contribution >= 0.6 is 11.3 Å². The number of nitrogens with zero attached hydrogens (tertiary/aromatic N) is 2. The van der Waals surface area contributed by atoms with E-state index < -0.39 is 41.4 Å². The maximum absolute atomic E-state index is 14.6. The topological polar surface area (TPSA) is 158 Å². The lowest BCUT2D eigenvalue weighted by molar-refractivity contribution is -0.0371. The van der Waals surface area contributed by atoms with Crippen molar-refractivity contribution in [3.05, 3.63) is 101 Å². The number of likely N-dealkylation sites (tertiary alicyclic amines) is 1. The molecule has 2 atom stereocenters. The highest BCUT2D eigenvalue weighted by Gasteiger charge is 2.29. The fourth-order valence-corrected chi connectivity index (χ4v) is 5.52. The van der Waals surface area contributed by atoms with Gasteiger partial charge in [0.15, 0.2) is 0 Å². The van der Waals surface area contributed by atoms with Gasteiger partial charge in [-0.15, -0.1) is 11.3 Å². The lowest BCUT2D eigenvalue weighted by Crippen LogP contribution is -2.49. The molecule has 0 spiro atoms. The third-order valence-electron chi connectivity index (χ3n) is 6.91. The number of hydrogen-bond acceptors (Lipinski definition) is 9. The largest absolute Gasteiger partial charge is 0.445 e. The Hall–Kier alpha value is -4.43. The van der Waals surface area contributed by atoms with Crippen molar-refractivity contribution in [2.24, 2.45) is 5.73 Å². The fourth-order valence-electron chi connectivity index (χ4n) is 4.40. The summed E-state index contributed by atoms with van der Waals surface area (Å²) in [7, 11) is 0. The van der Waals surface area contributed by atoms with Crippen molar-refractivity contribution in [1.29, 1.82) is 0 Å². The molecule has 0 saturated carbocycles. The zero-order valence-electron chi connectivity index (χ0n) is 24.6. The Morgan fingerprint density at radius 2 is 1.73 bits per heavy atom. The molecule has 1 aliphatic heterocycles. The fraction of sp³-hybridized carbons (Fsp3) is 0.281. The number of thiophene rings is 1. The Morgan fingerprint density at radius 1 is 1.07 bits per heavy atom. The summed E-state index contributed by atoms with van der Waals surface area (Å²) >= 11 is 0.983. The van der Waals surface area contributed by atoms with Crippen LogP contribution in [0, 0.1) is 11.6 Å². The second kappa shape index (κ2) is 14.6. The first-order valence-electron chi connectivity index (χ1n) is 14.0.